The minimum Gasteiger partial charge on any atom is -0.350 e. The second-order valence-electron chi connectivity index (χ2n) is 6.48. The first-order valence-electron chi connectivity index (χ1n) is 8.57. The van der Waals surface area contributed by atoms with Gasteiger partial charge in [0, 0.05) is 18.1 Å². The molecule has 1 fully saturated rings. The minimum atomic E-state index is -0.000963. The van der Waals surface area contributed by atoms with Gasteiger partial charge in [-0.2, -0.15) is 5.26 Å². The maximum absolute atomic E-state index is 12.6. The highest BCUT2D eigenvalue weighted by Crippen LogP contribution is 2.37. The minimum absolute atomic E-state index is 0.000963. The molecular formula is C19H22N4OS. The first-order valence-corrected chi connectivity index (χ1v) is 9.45. The number of anilines is 1. The summed E-state index contributed by atoms with van der Waals surface area (Å²) < 4.78 is 0. The number of carbonyl (C=O) groups excluding carboxylic acids is 1. The van der Waals surface area contributed by atoms with Crippen LogP contribution in [0.2, 0.25) is 0 Å². The van der Waals surface area contributed by atoms with E-state index in [4.69, 9.17) is 5.26 Å². The summed E-state index contributed by atoms with van der Waals surface area (Å²) >= 11 is 1.71. The van der Waals surface area contributed by atoms with Gasteiger partial charge in [0.1, 0.15) is 11.9 Å². The van der Waals surface area contributed by atoms with E-state index in [1.807, 2.05) is 19.2 Å². The Morgan fingerprint density at radius 3 is 2.84 bits per heavy atom. The molecule has 0 aliphatic heterocycles. The van der Waals surface area contributed by atoms with Crippen molar-refractivity contribution in [3.05, 3.63) is 46.3 Å². The monoisotopic (exact) mass is 354 g/mol. The highest BCUT2D eigenvalue weighted by molar-refractivity contribution is 7.10. The van der Waals surface area contributed by atoms with E-state index in [2.05, 4.69) is 21.7 Å². The Kier molecular flexibility index (Phi) is 5.67. The molecule has 0 spiro atoms. The highest BCUT2D eigenvalue weighted by Gasteiger charge is 2.28. The van der Waals surface area contributed by atoms with Crippen molar-refractivity contribution in [1.82, 2.24) is 10.3 Å². The van der Waals surface area contributed by atoms with Gasteiger partial charge in [-0.15, -0.1) is 11.3 Å². The molecule has 1 aliphatic carbocycles. The maximum Gasteiger partial charge on any atom is 0.240 e. The van der Waals surface area contributed by atoms with E-state index < -0.39 is 0 Å². The Balaban J connectivity index is 1.63. The zero-order chi connectivity index (χ0) is 17.6. The SMILES string of the molecule is CN(CC(=O)N[C@H](c1cccs1)C1CCCC1)c1ccc(C#N)cn1. The van der Waals surface area contributed by atoms with Crippen molar-refractivity contribution >= 4 is 23.1 Å². The summed E-state index contributed by atoms with van der Waals surface area (Å²) in [5.41, 5.74) is 0.514. The number of carbonyl (C=O) groups is 1. The van der Waals surface area contributed by atoms with E-state index >= 15 is 0 Å². The molecular weight excluding hydrogens is 332 g/mol. The quantitative estimate of drug-likeness (QED) is 0.862. The molecule has 2 aromatic heterocycles. The normalized spacial score (nSPS) is 15.5. The first kappa shape index (κ1) is 17.4. The molecule has 0 aromatic carbocycles. The zero-order valence-corrected chi connectivity index (χ0v) is 15.1. The van der Waals surface area contributed by atoms with Crippen LogP contribution in [-0.2, 0) is 4.79 Å². The lowest BCUT2D eigenvalue weighted by molar-refractivity contribution is -0.120. The number of hydrogen-bond donors (Lipinski definition) is 1. The van der Waals surface area contributed by atoms with Crippen LogP contribution in [0.1, 0.15) is 42.2 Å². The molecule has 1 aliphatic rings. The van der Waals surface area contributed by atoms with Crippen LogP contribution in [0, 0.1) is 17.2 Å². The van der Waals surface area contributed by atoms with E-state index in [9.17, 15) is 4.79 Å². The molecule has 1 saturated carbocycles. The average Bonchev–Trinajstić information content (AvgIpc) is 3.33. The molecule has 0 saturated heterocycles. The lowest BCUT2D eigenvalue weighted by Crippen LogP contribution is -2.39. The van der Waals surface area contributed by atoms with Crippen LogP contribution in [0.15, 0.2) is 35.8 Å². The molecule has 0 unspecified atom stereocenters. The Morgan fingerprint density at radius 2 is 2.24 bits per heavy atom. The number of amides is 1. The summed E-state index contributed by atoms with van der Waals surface area (Å²) in [6, 6.07) is 9.79. The van der Waals surface area contributed by atoms with Crippen molar-refractivity contribution in [3.63, 3.8) is 0 Å². The first-order chi connectivity index (χ1) is 12.2. The van der Waals surface area contributed by atoms with Gasteiger partial charge in [0.2, 0.25) is 5.91 Å². The number of pyridine rings is 1. The van der Waals surface area contributed by atoms with Gasteiger partial charge in [0.25, 0.3) is 0 Å². The summed E-state index contributed by atoms with van der Waals surface area (Å²) in [7, 11) is 1.84. The Bertz CT molecular complexity index is 730. The van der Waals surface area contributed by atoms with Gasteiger partial charge in [-0.3, -0.25) is 4.79 Å². The van der Waals surface area contributed by atoms with Crippen molar-refractivity contribution in [2.45, 2.75) is 31.7 Å². The third-order valence-electron chi connectivity index (χ3n) is 4.69. The van der Waals surface area contributed by atoms with Crippen LogP contribution in [0.3, 0.4) is 0 Å². The van der Waals surface area contributed by atoms with Crippen molar-refractivity contribution in [2.75, 3.05) is 18.5 Å². The van der Waals surface area contributed by atoms with Crippen molar-refractivity contribution in [3.8, 4) is 6.07 Å². The fraction of sp³-hybridized carbons (Fsp3) is 0.421. The molecule has 0 bridgehead atoms. The largest absolute Gasteiger partial charge is 0.350 e. The Morgan fingerprint density at radius 1 is 1.44 bits per heavy atom. The predicted octanol–water partition coefficient (Wildman–Crippen LogP) is 3.50. The molecule has 130 valence electrons. The zero-order valence-electron chi connectivity index (χ0n) is 14.3. The van der Waals surface area contributed by atoms with Crippen LogP contribution in [-0.4, -0.2) is 24.5 Å². The van der Waals surface area contributed by atoms with E-state index in [-0.39, 0.29) is 18.5 Å². The number of aromatic nitrogens is 1. The number of hydrogen-bond acceptors (Lipinski definition) is 5. The van der Waals surface area contributed by atoms with Gasteiger partial charge < -0.3 is 10.2 Å². The molecule has 2 heterocycles. The van der Waals surface area contributed by atoms with E-state index in [1.54, 1.807) is 28.4 Å². The fourth-order valence-electron chi connectivity index (χ4n) is 3.37. The number of likely N-dealkylation sites (N-methyl/N-ethyl adjacent to an activating group) is 1. The standard InChI is InChI=1S/C19H22N4OS/c1-23(17-9-8-14(11-20)12-21-17)13-18(24)22-19(15-5-2-3-6-15)16-7-4-10-25-16/h4,7-10,12,15,19H,2-3,5-6,13H2,1H3,(H,22,24)/t19-/m0/s1. The summed E-state index contributed by atoms with van der Waals surface area (Å²) in [5, 5.41) is 14.1. The number of rotatable bonds is 6. The van der Waals surface area contributed by atoms with Gasteiger partial charge in [0.05, 0.1) is 18.2 Å². The molecule has 2 aromatic rings. The van der Waals surface area contributed by atoms with Gasteiger partial charge in [-0.05, 0) is 42.3 Å². The summed E-state index contributed by atoms with van der Waals surface area (Å²) in [4.78, 5) is 19.9. The van der Waals surface area contributed by atoms with E-state index in [0.29, 0.717) is 17.3 Å². The predicted molar refractivity (Wildman–Crippen MR) is 99.4 cm³/mol. The number of nitriles is 1. The van der Waals surface area contributed by atoms with Crippen LogP contribution in [0.4, 0.5) is 5.82 Å². The molecule has 5 nitrogen and oxygen atoms in total. The van der Waals surface area contributed by atoms with E-state index in [1.165, 1.54) is 36.8 Å². The van der Waals surface area contributed by atoms with Crippen molar-refractivity contribution in [2.24, 2.45) is 5.92 Å². The smallest absolute Gasteiger partial charge is 0.240 e. The summed E-state index contributed by atoms with van der Waals surface area (Å²) in [5.74, 6) is 1.21. The fourth-order valence-corrected chi connectivity index (χ4v) is 4.24. The van der Waals surface area contributed by atoms with Crippen LogP contribution in [0.25, 0.3) is 0 Å². The number of thiophene rings is 1. The lowest BCUT2D eigenvalue weighted by atomic mass is 9.96. The molecule has 1 atom stereocenters. The number of nitrogens with zero attached hydrogens (tertiary/aromatic N) is 3. The molecule has 25 heavy (non-hydrogen) atoms. The summed E-state index contributed by atoms with van der Waals surface area (Å²) in [6.45, 7) is 0.244. The molecule has 6 heteroatoms. The molecule has 3 rings (SSSR count). The molecule has 0 radical (unpaired) electrons. The third kappa shape index (κ3) is 4.37. The lowest BCUT2D eigenvalue weighted by Gasteiger charge is -2.25. The van der Waals surface area contributed by atoms with E-state index in [0.717, 1.165) is 0 Å². The maximum atomic E-state index is 12.6. The Hall–Kier alpha value is -2.39. The Labute approximate surface area is 152 Å². The van der Waals surface area contributed by atoms with Gasteiger partial charge in [-0.1, -0.05) is 18.9 Å². The average molecular weight is 354 g/mol. The topological polar surface area (TPSA) is 69.0 Å². The molecule has 1 amide bonds. The van der Waals surface area contributed by atoms with Gasteiger partial charge >= 0.3 is 0 Å². The van der Waals surface area contributed by atoms with Crippen LogP contribution < -0.4 is 10.2 Å². The van der Waals surface area contributed by atoms with Crippen LogP contribution >= 0.6 is 11.3 Å². The van der Waals surface area contributed by atoms with Gasteiger partial charge in [-0.25, -0.2) is 4.98 Å². The molecule has 1 N–H and O–H groups in total. The highest BCUT2D eigenvalue weighted by atomic mass is 32.1. The van der Waals surface area contributed by atoms with Crippen molar-refractivity contribution in [1.29, 1.82) is 5.26 Å². The second kappa shape index (κ2) is 8.13. The summed E-state index contributed by atoms with van der Waals surface area (Å²) in [6.07, 6.45) is 6.37. The van der Waals surface area contributed by atoms with Crippen LogP contribution in [0.5, 0.6) is 0 Å². The third-order valence-corrected chi connectivity index (χ3v) is 5.64. The van der Waals surface area contributed by atoms with Crippen molar-refractivity contribution < 1.29 is 4.79 Å². The number of nitrogens with one attached hydrogen (secondary N) is 1. The van der Waals surface area contributed by atoms with Gasteiger partial charge in [0.15, 0.2) is 0 Å². The second-order valence-corrected chi connectivity index (χ2v) is 7.46.